The van der Waals surface area contributed by atoms with Crippen molar-refractivity contribution >= 4 is 33.3 Å². The third kappa shape index (κ3) is 4.60. The van der Waals surface area contributed by atoms with Crippen LogP contribution in [0.2, 0.25) is 0 Å². The number of sulfonamides is 1. The summed E-state index contributed by atoms with van der Waals surface area (Å²) < 4.78 is 38.4. The lowest BCUT2D eigenvalue weighted by atomic mass is 10.2. The number of carbonyl (C=O) groups excluding carboxylic acids is 2. The molecule has 0 aromatic heterocycles. The maximum atomic E-state index is 13.1. The first-order chi connectivity index (χ1) is 15.7. The Kier molecular flexibility index (Phi) is 6.17. The monoisotopic (exact) mass is 474 g/mol. The Bertz CT molecular complexity index is 1190. The highest BCUT2D eigenvalue weighted by atomic mass is 32.2. The molecule has 1 fully saturated rings. The number of ether oxygens (including phenoxy) is 2. The molecule has 1 atom stereocenters. The summed E-state index contributed by atoms with van der Waals surface area (Å²) in [6.07, 6.45) is -0.640. The van der Waals surface area contributed by atoms with Gasteiger partial charge in [0.1, 0.15) is 11.5 Å². The highest BCUT2D eigenvalue weighted by molar-refractivity contribution is 7.89. The summed E-state index contributed by atoms with van der Waals surface area (Å²) in [4.78, 5) is 26.2. The molecule has 2 aliphatic rings. The van der Waals surface area contributed by atoms with E-state index < -0.39 is 16.1 Å². The third-order valence-corrected chi connectivity index (χ3v) is 7.54. The lowest BCUT2D eigenvalue weighted by Gasteiger charge is -2.34. The van der Waals surface area contributed by atoms with Gasteiger partial charge in [-0.2, -0.15) is 4.31 Å². The van der Waals surface area contributed by atoms with E-state index in [1.165, 1.54) is 29.6 Å². The number of nitrogens with one attached hydrogen (secondary N) is 2. The molecule has 33 heavy (non-hydrogen) atoms. The minimum Gasteiger partial charge on any atom is -0.495 e. The topological polar surface area (TPSA) is 117 Å². The lowest BCUT2D eigenvalue weighted by Crippen LogP contribution is -2.51. The average molecular weight is 475 g/mol. The fraction of sp³-hybridized carbons (Fsp3) is 0.364. The molecule has 2 aromatic rings. The van der Waals surface area contributed by atoms with Gasteiger partial charge in [0.25, 0.3) is 5.91 Å². The number of hydrogen-bond donors (Lipinski definition) is 2. The van der Waals surface area contributed by atoms with E-state index in [1.54, 1.807) is 17.9 Å². The van der Waals surface area contributed by atoms with Crippen LogP contribution in [0.1, 0.15) is 12.5 Å². The van der Waals surface area contributed by atoms with Crippen molar-refractivity contribution < 1.29 is 27.5 Å². The summed E-state index contributed by atoms with van der Waals surface area (Å²) in [5.41, 5.74) is 1.86. The number of rotatable bonds is 4. The summed E-state index contributed by atoms with van der Waals surface area (Å²) in [5, 5.41) is 5.50. The quantitative estimate of drug-likeness (QED) is 0.702. The minimum atomic E-state index is -3.80. The number of nitrogens with zero attached hydrogens (tertiary/aromatic N) is 2. The number of benzene rings is 2. The van der Waals surface area contributed by atoms with Gasteiger partial charge in [-0.3, -0.25) is 4.79 Å². The molecule has 10 nitrogen and oxygen atoms in total. The second kappa shape index (κ2) is 8.91. The summed E-state index contributed by atoms with van der Waals surface area (Å²) >= 11 is 0. The highest BCUT2D eigenvalue weighted by Gasteiger charge is 2.32. The van der Waals surface area contributed by atoms with Crippen LogP contribution in [0.5, 0.6) is 11.5 Å². The van der Waals surface area contributed by atoms with E-state index in [1.807, 2.05) is 19.1 Å². The van der Waals surface area contributed by atoms with Gasteiger partial charge in [0.15, 0.2) is 6.10 Å². The van der Waals surface area contributed by atoms with Crippen molar-refractivity contribution in [2.45, 2.75) is 24.8 Å². The SMILES string of the molecule is COc1ccc(C)cc1NC(=O)N1CCN(S(=O)(=O)c2ccc3c(c2)NC(=O)[C@@H](C)O3)CC1. The van der Waals surface area contributed by atoms with Crippen LogP contribution in [0.4, 0.5) is 16.2 Å². The lowest BCUT2D eigenvalue weighted by molar-refractivity contribution is -0.122. The van der Waals surface area contributed by atoms with E-state index in [9.17, 15) is 18.0 Å². The minimum absolute atomic E-state index is 0.0575. The van der Waals surface area contributed by atoms with Gasteiger partial charge in [-0.15, -0.1) is 0 Å². The van der Waals surface area contributed by atoms with Gasteiger partial charge < -0.3 is 25.0 Å². The number of anilines is 2. The van der Waals surface area contributed by atoms with Crippen LogP contribution in [-0.4, -0.2) is 69.0 Å². The average Bonchev–Trinajstić information content (AvgIpc) is 2.79. The maximum absolute atomic E-state index is 13.1. The predicted molar refractivity (Wildman–Crippen MR) is 122 cm³/mol. The Hall–Kier alpha value is -3.31. The van der Waals surface area contributed by atoms with Crippen LogP contribution in [0, 0.1) is 6.92 Å². The van der Waals surface area contributed by atoms with Crippen molar-refractivity contribution in [2.24, 2.45) is 0 Å². The van der Waals surface area contributed by atoms with Crippen LogP contribution < -0.4 is 20.1 Å². The zero-order chi connectivity index (χ0) is 23.8. The summed E-state index contributed by atoms with van der Waals surface area (Å²) in [6.45, 7) is 4.31. The van der Waals surface area contributed by atoms with E-state index in [4.69, 9.17) is 9.47 Å². The summed E-state index contributed by atoms with van der Waals surface area (Å²) in [7, 11) is -2.27. The molecule has 2 N–H and O–H groups in total. The van der Waals surface area contributed by atoms with E-state index in [-0.39, 0.29) is 43.0 Å². The molecular weight excluding hydrogens is 448 g/mol. The zero-order valence-corrected chi connectivity index (χ0v) is 19.4. The van der Waals surface area contributed by atoms with Crippen LogP contribution in [0.3, 0.4) is 0 Å². The van der Waals surface area contributed by atoms with Crippen molar-refractivity contribution in [1.29, 1.82) is 0 Å². The molecule has 0 radical (unpaired) electrons. The van der Waals surface area contributed by atoms with Crippen LogP contribution in [-0.2, 0) is 14.8 Å². The molecule has 0 aliphatic carbocycles. The number of hydrogen-bond acceptors (Lipinski definition) is 6. The number of amides is 3. The van der Waals surface area contributed by atoms with Gasteiger partial charge in [0, 0.05) is 26.2 Å². The molecule has 0 saturated carbocycles. The van der Waals surface area contributed by atoms with Crippen LogP contribution in [0.15, 0.2) is 41.3 Å². The largest absolute Gasteiger partial charge is 0.495 e. The number of urea groups is 1. The molecule has 3 amide bonds. The Morgan fingerprint density at radius 1 is 1.15 bits per heavy atom. The second-order valence-electron chi connectivity index (χ2n) is 7.93. The fourth-order valence-corrected chi connectivity index (χ4v) is 5.19. The van der Waals surface area contributed by atoms with E-state index in [2.05, 4.69) is 10.6 Å². The summed E-state index contributed by atoms with van der Waals surface area (Å²) in [5.74, 6) is 0.643. The molecule has 2 aromatic carbocycles. The molecule has 2 aliphatic heterocycles. The first kappa shape index (κ1) is 22.9. The van der Waals surface area contributed by atoms with Crippen molar-refractivity contribution in [3.05, 3.63) is 42.0 Å². The smallest absolute Gasteiger partial charge is 0.322 e. The van der Waals surface area contributed by atoms with E-state index >= 15 is 0 Å². The number of piperazine rings is 1. The van der Waals surface area contributed by atoms with Gasteiger partial charge in [0.05, 0.1) is 23.4 Å². The molecule has 2 heterocycles. The molecule has 11 heteroatoms. The van der Waals surface area contributed by atoms with Crippen molar-refractivity contribution in [1.82, 2.24) is 9.21 Å². The molecule has 0 bridgehead atoms. The fourth-order valence-electron chi connectivity index (χ4n) is 3.74. The highest BCUT2D eigenvalue weighted by Crippen LogP contribution is 2.33. The van der Waals surface area contributed by atoms with Crippen molar-refractivity contribution in [3.63, 3.8) is 0 Å². The Morgan fingerprint density at radius 2 is 1.88 bits per heavy atom. The van der Waals surface area contributed by atoms with Crippen molar-refractivity contribution in [2.75, 3.05) is 43.9 Å². The second-order valence-corrected chi connectivity index (χ2v) is 9.87. The Morgan fingerprint density at radius 3 is 2.58 bits per heavy atom. The number of carbonyl (C=O) groups is 2. The molecule has 0 unspecified atom stereocenters. The Labute approximate surface area is 192 Å². The van der Waals surface area contributed by atoms with E-state index in [0.29, 0.717) is 22.9 Å². The van der Waals surface area contributed by atoms with Gasteiger partial charge in [0.2, 0.25) is 10.0 Å². The normalized spacial score (nSPS) is 18.7. The molecular formula is C22H26N4O6S. The molecule has 1 saturated heterocycles. The van der Waals surface area contributed by atoms with Gasteiger partial charge in [-0.25, -0.2) is 13.2 Å². The first-order valence-electron chi connectivity index (χ1n) is 10.5. The first-order valence-corrected chi connectivity index (χ1v) is 12.0. The summed E-state index contributed by atoms with van der Waals surface area (Å²) in [6, 6.07) is 9.56. The number of fused-ring (bicyclic) bond motifs is 1. The number of methoxy groups -OCH3 is 1. The van der Waals surface area contributed by atoms with E-state index in [0.717, 1.165) is 5.56 Å². The molecule has 176 valence electrons. The van der Waals surface area contributed by atoms with Crippen LogP contribution >= 0.6 is 0 Å². The van der Waals surface area contributed by atoms with Gasteiger partial charge in [-0.1, -0.05) is 6.07 Å². The predicted octanol–water partition coefficient (Wildman–Crippen LogP) is 2.26. The Balaban J connectivity index is 1.42. The van der Waals surface area contributed by atoms with Gasteiger partial charge in [-0.05, 0) is 49.7 Å². The standard InChI is InChI=1S/C22H26N4O6S/c1-14-4-6-19(31-3)17(12-14)24-22(28)25-8-10-26(11-9-25)33(29,30)16-5-7-20-18(13-16)23-21(27)15(2)32-20/h4-7,12-13,15H,8-11H2,1-3H3,(H,23,27)(H,24,28)/t15-/m1/s1. The third-order valence-electron chi connectivity index (χ3n) is 5.64. The maximum Gasteiger partial charge on any atom is 0.322 e. The van der Waals surface area contributed by atoms with Crippen LogP contribution in [0.25, 0.3) is 0 Å². The van der Waals surface area contributed by atoms with Gasteiger partial charge >= 0.3 is 6.03 Å². The number of aryl methyl sites for hydroxylation is 1. The molecule has 4 rings (SSSR count). The zero-order valence-electron chi connectivity index (χ0n) is 18.6. The van der Waals surface area contributed by atoms with Crippen molar-refractivity contribution in [3.8, 4) is 11.5 Å². The molecule has 0 spiro atoms.